The van der Waals surface area contributed by atoms with E-state index in [4.69, 9.17) is 11.6 Å². The van der Waals surface area contributed by atoms with Gasteiger partial charge in [0.1, 0.15) is 5.82 Å². The second kappa shape index (κ2) is 6.68. The van der Waals surface area contributed by atoms with Crippen molar-refractivity contribution in [3.63, 3.8) is 0 Å². The summed E-state index contributed by atoms with van der Waals surface area (Å²) in [5.41, 5.74) is 5.53. The molecule has 6 heteroatoms. The van der Waals surface area contributed by atoms with Gasteiger partial charge in [-0.15, -0.1) is 11.3 Å². The Morgan fingerprint density at radius 2 is 1.82 bits per heavy atom. The number of nitrogens with zero attached hydrogens (tertiary/aromatic N) is 2. The fourth-order valence-corrected chi connectivity index (χ4v) is 2.58. The van der Waals surface area contributed by atoms with Crippen LogP contribution in [0.1, 0.15) is 5.56 Å². The van der Waals surface area contributed by atoms with E-state index in [0.717, 1.165) is 16.8 Å². The van der Waals surface area contributed by atoms with E-state index in [1.165, 1.54) is 23.5 Å². The molecule has 22 heavy (non-hydrogen) atoms. The first kappa shape index (κ1) is 14.7. The summed E-state index contributed by atoms with van der Waals surface area (Å²) in [5, 5.41) is 7.41. The highest BCUT2D eigenvalue weighted by atomic mass is 35.5. The number of hydrazone groups is 1. The highest BCUT2D eigenvalue weighted by Crippen LogP contribution is 2.25. The minimum atomic E-state index is -0.266. The van der Waals surface area contributed by atoms with Gasteiger partial charge in [-0.2, -0.15) is 5.10 Å². The Balaban J connectivity index is 1.66. The third-order valence-corrected chi connectivity index (χ3v) is 3.89. The number of hydrogen-bond acceptors (Lipinski definition) is 4. The molecular formula is C16H11ClFN3S. The van der Waals surface area contributed by atoms with E-state index in [0.29, 0.717) is 10.2 Å². The van der Waals surface area contributed by atoms with Gasteiger partial charge < -0.3 is 0 Å². The quantitative estimate of drug-likeness (QED) is 0.536. The van der Waals surface area contributed by atoms with Crippen molar-refractivity contribution in [2.24, 2.45) is 5.10 Å². The van der Waals surface area contributed by atoms with Crippen LogP contribution in [0.3, 0.4) is 0 Å². The van der Waals surface area contributed by atoms with E-state index in [2.05, 4.69) is 15.5 Å². The Bertz CT molecular complexity index is 782. The zero-order chi connectivity index (χ0) is 15.4. The fourth-order valence-electron chi connectivity index (χ4n) is 1.79. The van der Waals surface area contributed by atoms with Crippen LogP contribution >= 0.6 is 22.9 Å². The van der Waals surface area contributed by atoms with Crippen molar-refractivity contribution < 1.29 is 4.39 Å². The minimum absolute atomic E-state index is 0.266. The van der Waals surface area contributed by atoms with Crippen LogP contribution in [0.4, 0.5) is 9.52 Å². The summed E-state index contributed by atoms with van der Waals surface area (Å²) in [6.07, 6.45) is 1.61. The monoisotopic (exact) mass is 331 g/mol. The predicted octanol–water partition coefficient (Wildman–Crippen LogP) is 5.05. The Morgan fingerprint density at radius 1 is 1.09 bits per heavy atom. The molecule has 1 aromatic heterocycles. The number of aromatic nitrogens is 1. The number of rotatable bonds is 4. The van der Waals surface area contributed by atoms with Crippen LogP contribution in [0.25, 0.3) is 11.3 Å². The van der Waals surface area contributed by atoms with Crippen LogP contribution in [0, 0.1) is 5.82 Å². The molecule has 0 aliphatic heterocycles. The van der Waals surface area contributed by atoms with Crippen LogP contribution in [-0.4, -0.2) is 11.2 Å². The van der Waals surface area contributed by atoms with Crippen LogP contribution in [0.2, 0.25) is 5.02 Å². The largest absolute Gasteiger partial charge is 0.253 e. The molecule has 0 saturated carbocycles. The van der Waals surface area contributed by atoms with E-state index in [1.807, 2.05) is 29.6 Å². The molecule has 0 fully saturated rings. The minimum Gasteiger partial charge on any atom is -0.253 e. The first-order chi connectivity index (χ1) is 10.7. The maximum absolute atomic E-state index is 12.8. The van der Waals surface area contributed by atoms with E-state index >= 15 is 0 Å². The number of halogens is 2. The standard InChI is InChI=1S/C16H11ClFN3S/c17-13-5-3-12(4-6-13)15-10-22-16(20-15)21-19-9-11-1-7-14(18)8-2-11/h1-10H,(H,20,21)/b19-9+. The molecule has 0 radical (unpaired) electrons. The summed E-state index contributed by atoms with van der Waals surface area (Å²) >= 11 is 7.33. The summed E-state index contributed by atoms with van der Waals surface area (Å²) < 4.78 is 12.8. The normalized spacial score (nSPS) is 11.0. The maximum atomic E-state index is 12.8. The molecule has 1 N–H and O–H groups in total. The molecule has 110 valence electrons. The van der Waals surface area contributed by atoms with Gasteiger partial charge in [0.05, 0.1) is 11.9 Å². The van der Waals surface area contributed by atoms with Crippen LogP contribution in [0.15, 0.2) is 59.0 Å². The van der Waals surface area contributed by atoms with Gasteiger partial charge in [-0.3, -0.25) is 5.43 Å². The van der Waals surface area contributed by atoms with Gasteiger partial charge in [-0.05, 0) is 29.8 Å². The smallest absolute Gasteiger partial charge is 0.203 e. The van der Waals surface area contributed by atoms with Crippen molar-refractivity contribution in [2.75, 3.05) is 5.43 Å². The molecule has 0 spiro atoms. The first-order valence-electron chi connectivity index (χ1n) is 6.47. The van der Waals surface area contributed by atoms with Crippen molar-refractivity contribution in [3.8, 4) is 11.3 Å². The molecule has 1 heterocycles. The number of anilines is 1. The number of nitrogens with one attached hydrogen (secondary N) is 1. The lowest BCUT2D eigenvalue weighted by molar-refractivity contribution is 0.628. The van der Waals surface area contributed by atoms with Gasteiger partial charge in [-0.25, -0.2) is 9.37 Å². The molecule has 0 bridgehead atoms. The van der Waals surface area contributed by atoms with Crippen LogP contribution in [0.5, 0.6) is 0 Å². The summed E-state index contributed by atoms with van der Waals surface area (Å²) in [4.78, 5) is 4.45. The molecule has 2 aromatic carbocycles. The van der Waals surface area contributed by atoms with E-state index in [-0.39, 0.29) is 5.82 Å². The molecule has 0 aliphatic rings. The molecule has 0 amide bonds. The first-order valence-corrected chi connectivity index (χ1v) is 7.72. The van der Waals surface area contributed by atoms with Gasteiger partial charge in [0.15, 0.2) is 0 Å². The van der Waals surface area contributed by atoms with E-state index in [9.17, 15) is 4.39 Å². The van der Waals surface area contributed by atoms with Gasteiger partial charge in [0, 0.05) is 16.0 Å². The van der Waals surface area contributed by atoms with Crippen molar-refractivity contribution >= 4 is 34.3 Å². The SMILES string of the molecule is Fc1ccc(/C=N/Nc2nc(-c3ccc(Cl)cc3)cs2)cc1. The van der Waals surface area contributed by atoms with Crippen molar-refractivity contribution in [3.05, 3.63) is 70.3 Å². The lowest BCUT2D eigenvalue weighted by atomic mass is 10.2. The fraction of sp³-hybridized carbons (Fsp3) is 0. The average Bonchev–Trinajstić information content (AvgIpc) is 2.99. The molecule has 3 aromatic rings. The number of thiazole rings is 1. The zero-order valence-corrected chi connectivity index (χ0v) is 12.9. The van der Waals surface area contributed by atoms with Crippen molar-refractivity contribution in [1.29, 1.82) is 0 Å². The predicted molar refractivity (Wildman–Crippen MR) is 90.2 cm³/mol. The molecule has 0 unspecified atom stereocenters. The summed E-state index contributed by atoms with van der Waals surface area (Å²) in [5.74, 6) is -0.266. The van der Waals surface area contributed by atoms with Gasteiger partial charge in [0.2, 0.25) is 5.13 Å². The van der Waals surface area contributed by atoms with Gasteiger partial charge in [-0.1, -0.05) is 35.9 Å². The Labute approximate surface area is 136 Å². The van der Waals surface area contributed by atoms with Crippen molar-refractivity contribution in [2.45, 2.75) is 0 Å². The third kappa shape index (κ3) is 3.69. The topological polar surface area (TPSA) is 37.3 Å². The summed E-state index contributed by atoms with van der Waals surface area (Å²) in [7, 11) is 0. The summed E-state index contributed by atoms with van der Waals surface area (Å²) in [6, 6.07) is 13.6. The third-order valence-electron chi connectivity index (χ3n) is 2.89. The molecule has 0 aliphatic carbocycles. The molecular weight excluding hydrogens is 321 g/mol. The van der Waals surface area contributed by atoms with Crippen molar-refractivity contribution in [1.82, 2.24) is 4.98 Å². The Hall–Kier alpha value is -2.24. The summed E-state index contributed by atoms with van der Waals surface area (Å²) in [6.45, 7) is 0. The zero-order valence-electron chi connectivity index (χ0n) is 11.3. The maximum Gasteiger partial charge on any atom is 0.203 e. The second-order valence-electron chi connectivity index (χ2n) is 4.47. The van der Waals surface area contributed by atoms with E-state index < -0.39 is 0 Å². The highest BCUT2D eigenvalue weighted by Gasteiger charge is 2.03. The van der Waals surface area contributed by atoms with Gasteiger partial charge in [0.25, 0.3) is 0 Å². The molecule has 3 nitrogen and oxygen atoms in total. The molecule has 0 atom stereocenters. The van der Waals surface area contributed by atoms with Crippen LogP contribution < -0.4 is 5.43 Å². The Kier molecular flexibility index (Phi) is 4.46. The molecule has 0 saturated heterocycles. The lowest BCUT2D eigenvalue weighted by Gasteiger charge is -1.96. The van der Waals surface area contributed by atoms with E-state index in [1.54, 1.807) is 18.3 Å². The average molecular weight is 332 g/mol. The van der Waals surface area contributed by atoms with Gasteiger partial charge >= 0.3 is 0 Å². The highest BCUT2D eigenvalue weighted by molar-refractivity contribution is 7.14. The molecule has 3 rings (SSSR count). The number of benzene rings is 2. The number of hydrogen-bond donors (Lipinski definition) is 1. The lowest BCUT2D eigenvalue weighted by Crippen LogP contribution is -1.90. The Morgan fingerprint density at radius 3 is 2.55 bits per heavy atom. The second-order valence-corrected chi connectivity index (χ2v) is 5.76. The van der Waals surface area contributed by atoms with Crippen LogP contribution in [-0.2, 0) is 0 Å².